The SMILES string of the molecule is Cc1c(O)ccc2c(Cc3ccc(OCCN4CCCCC4)cc3)c(-c3ccc(Cl)cc3)c(=O)oc12. The highest BCUT2D eigenvalue weighted by Gasteiger charge is 2.19. The summed E-state index contributed by atoms with van der Waals surface area (Å²) in [6.45, 7) is 5.70. The molecule has 2 heterocycles. The van der Waals surface area contributed by atoms with Crippen molar-refractivity contribution in [1.29, 1.82) is 0 Å². The zero-order valence-electron chi connectivity index (χ0n) is 20.4. The Balaban J connectivity index is 1.44. The maximum Gasteiger partial charge on any atom is 0.344 e. The quantitative estimate of drug-likeness (QED) is 0.288. The molecule has 1 aromatic heterocycles. The van der Waals surface area contributed by atoms with Gasteiger partial charge in [0, 0.05) is 22.5 Å². The molecule has 3 aromatic carbocycles. The molecule has 6 heteroatoms. The highest BCUT2D eigenvalue weighted by atomic mass is 35.5. The van der Waals surface area contributed by atoms with Gasteiger partial charge in [0.1, 0.15) is 23.7 Å². The number of nitrogens with zero attached hydrogens (tertiary/aromatic N) is 1. The van der Waals surface area contributed by atoms with Crippen molar-refractivity contribution < 1.29 is 14.3 Å². The van der Waals surface area contributed by atoms with Crippen molar-refractivity contribution in [2.24, 2.45) is 0 Å². The molecule has 0 spiro atoms. The number of benzene rings is 3. The minimum absolute atomic E-state index is 0.0990. The van der Waals surface area contributed by atoms with E-state index in [0.717, 1.165) is 47.5 Å². The minimum atomic E-state index is -0.439. The second-order valence-corrected chi connectivity index (χ2v) is 9.84. The number of aryl methyl sites for hydroxylation is 1. The molecule has 186 valence electrons. The Morgan fingerprint density at radius 3 is 2.42 bits per heavy atom. The first-order chi connectivity index (χ1) is 17.5. The van der Waals surface area contributed by atoms with Gasteiger partial charge in [-0.15, -0.1) is 0 Å². The Labute approximate surface area is 215 Å². The Kier molecular flexibility index (Phi) is 7.30. The summed E-state index contributed by atoms with van der Waals surface area (Å²) in [4.78, 5) is 15.7. The molecule has 5 nitrogen and oxygen atoms in total. The van der Waals surface area contributed by atoms with Crippen molar-refractivity contribution in [3.8, 4) is 22.6 Å². The Hall–Kier alpha value is -3.28. The first-order valence-electron chi connectivity index (χ1n) is 12.5. The van der Waals surface area contributed by atoms with Gasteiger partial charge < -0.3 is 14.3 Å². The van der Waals surface area contributed by atoms with E-state index < -0.39 is 5.63 Å². The van der Waals surface area contributed by atoms with Gasteiger partial charge in [-0.3, -0.25) is 4.90 Å². The van der Waals surface area contributed by atoms with E-state index in [0.29, 0.717) is 34.8 Å². The normalized spacial score (nSPS) is 14.3. The number of fused-ring (bicyclic) bond motifs is 1. The molecule has 1 saturated heterocycles. The fourth-order valence-corrected chi connectivity index (χ4v) is 5.05. The number of phenolic OH excluding ortho intramolecular Hbond substituents is 1. The van der Waals surface area contributed by atoms with Crippen molar-refractivity contribution in [3.05, 3.63) is 92.8 Å². The molecule has 0 unspecified atom stereocenters. The van der Waals surface area contributed by atoms with Gasteiger partial charge in [-0.1, -0.05) is 42.3 Å². The molecule has 0 radical (unpaired) electrons. The van der Waals surface area contributed by atoms with Gasteiger partial charge in [-0.25, -0.2) is 4.79 Å². The summed E-state index contributed by atoms with van der Waals surface area (Å²) < 4.78 is 11.7. The maximum atomic E-state index is 13.2. The summed E-state index contributed by atoms with van der Waals surface area (Å²) in [6, 6.07) is 18.7. The van der Waals surface area contributed by atoms with Crippen molar-refractivity contribution in [3.63, 3.8) is 0 Å². The number of hydrogen-bond donors (Lipinski definition) is 1. The number of likely N-dealkylation sites (tertiary alicyclic amines) is 1. The maximum absolute atomic E-state index is 13.2. The third-order valence-electron chi connectivity index (χ3n) is 6.97. The second kappa shape index (κ2) is 10.8. The van der Waals surface area contributed by atoms with Gasteiger partial charge in [0.25, 0.3) is 0 Å². The summed E-state index contributed by atoms with van der Waals surface area (Å²) in [6.07, 6.45) is 4.41. The summed E-state index contributed by atoms with van der Waals surface area (Å²) in [5.41, 5.74) is 3.67. The van der Waals surface area contributed by atoms with Crippen LogP contribution in [0.5, 0.6) is 11.5 Å². The van der Waals surface area contributed by atoms with Crippen LogP contribution in [-0.2, 0) is 6.42 Å². The highest BCUT2D eigenvalue weighted by Crippen LogP contribution is 2.34. The van der Waals surface area contributed by atoms with E-state index in [2.05, 4.69) is 4.90 Å². The number of hydrogen-bond acceptors (Lipinski definition) is 5. The van der Waals surface area contributed by atoms with Crippen LogP contribution < -0.4 is 10.4 Å². The Morgan fingerprint density at radius 1 is 0.972 bits per heavy atom. The van der Waals surface area contributed by atoms with Gasteiger partial charge in [-0.2, -0.15) is 0 Å². The van der Waals surface area contributed by atoms with Crippen LogP contribution in [-0.4, -0.2) is 36.2 Å². The molecule has 1 aliphatic heterocycles. The van der Waals surface area contributed by atoms with E-state index in [1.807, 2.05) is 42.5 Å². The molecule has 4 aromatic rings. The monoisotopic (exact) mass is 503 g/mol. The van der Waals surface area contributed by atoms with Crippen molar-refractivity contribution in [1.82, 2.24) is 4.90 Å². The van der Waals surface area contributed by atoms with Crippen molar-refractivity contribution >= 4 is 22.6 Å². The minimum Gasteiger partial charge on any atom is -0.508 e. The fourth-order valence-electron chi connectivity index (χ4n) is 4.93. The molecular weight excluding hydrogens is 474 g/mol. The highest BCUT2D eigenvalue weighted by molar-refractivity contribution is 6.30. The number of piperidine rings is 1. The largest absolute Gasteiger partial charge is 0.508 e. The molecule has 0 bridgehead atoms. The van der Waals surface area contributed by atoms with Crippen LogP contribution in [0.25, 0.3) is 22.1 Å². The fraction of sp³-hybridized carbons (Fsp3) is 0.300. The zero-order valence-corrected chi connectivity index (χ0v) is 21.2. The predicted molar refractivity (Wildman–Crippen MR) is 144 cm³/mol. The molecule has 0 aliphatic carbocycles. The summed E-state index contributed by atoms with van der Waals surface area (Å²) in [5.74, 6) is 0.939. The first kappa shape index (κ1) is 24.4. The lowest BCUT2D eigenvalue weighted by molar-refractivity contribution is 0.183. The van der Waals surface area contributed by atoms with Crippen LogP contribution in [0, 0.1) is 6.92 Å². The standard InChI is InChI=1S/C30H30ClNO4/c1-20-27(33)14-13-25-26(28(30(34)36-29(20)25)22-7-9-23(31)10-8-22)19-21-5-11-24(12-6-21)35-18-17-32-15-3-2-4-16-32/h5-14,33H,2-4,15-19H2,1H3. The van der Waals surface area contributed by atoms with Gasteiger partial charge in [0.2, 0.25) is 0 Å². The van der Waals surface area contributed by atoms with Gasteiger partial charge in [0.05, 0.1) is 5.56 Å². The number of aromatic hydroxyl groups is 1. The molecule has 0 atom stereocenters. The summed E-state index contributed by atoms with van der Waals surface area (Å²) in [7, 11) is 0. The molecule has 5 rings (SSSR count). The summed E-state index contributed by atoms with van der Waals surface area (Å²) in [5, 5.41) is 11.6. The topological polar surface area (TPSA) is 62.9 Å². The smallest absolute Gasteiger partial charge is 0.344 e. The Morgan fingerprint density at radius 2 is 1.69 bits per heavy atom. The van der Waals surface area contributed by atoms with Crippen LogP contribution in [0.4, 0.5) is 0 Å². The van der Waals surface area contributed by atoms with Crippen molar-refractivity contribution in [2.45, 2.75) is 32.6 Å². The van der Waals surface area contributed by atoms with E-state index in [4.69, 9.17) is 20.8 Å². The third kappa shape index (κ3) is 5.28. The molecular formula is C30H30ClNO4. The van der Waals surface area contributed by atoms with Gasteiger partial charge in [0.15, 0.2) is 0 Å². The predicted octanol–water partition coefficient (Wildman–Crippen LogP) is 6.58. The van der Waals surface area contributed by atoms with Crippen molar-refractivity contribution in [2.75, 3.05) is 26.2 Å². The van der Waals surface area contributed by atoms with Crippen LogP contribution in [0.15, 0.2) is 69.9 Å². The number of phenols is 1. The average Bonchev–Trinajstić information content (AvgIpc) is 2.89. The molecule has 0 saturated carbocycles. The van der Waals surface area contributed by atoms with Crippen LogP contribution in [0.2, 0.25) is 5.02 Å². The van der Waals surface area contributed by atoms with Gasteiger partial charge in [-0.05, 0) is 92.4 Å². The van der Waals surface area contributed by atoms with E-state index in [9.17, 15) is 9.90 Å². The lowest BCUT2D eigenvalue weighted by Gasteiger charge is -2.26. The lowest BCUT2D eigenvalue weighted by atomic mass is 9.92. The third-order valence-corrected chi connectivity index (χ3v) is 7.22. The molecule has 0 amide bonds. The molecule has 1 fully saturated rings. The zero-order chi connectivity index (χ0) is 25.1. The van der Waals surface area contributed by atoms with E-state index >= 15 is 0 Å². The average molecular weight is 504 g/mol. The van der Waals surface area contributed by atoms with E-state index in [1.165, 1.54) is 19.3 Å². The van der Waals surface area contributed by atoms with Crippen LogP contribution in [0.3, 0.4) is 0 Å². The molecule has 36 heavy (non-hydrogen) atoms. The van der Waals surface area contributed by atoms with Crippen LogP contribution >= 0.6 is 11.6 Å². The Bertz CT molecular complexity index is 1400. The summed E-state index contributed by atoms with van der Waals surface area (Å²) >= 11 is 6.09. The number of rotatable bonds is 7. The van der Waals surface area contributed by atoms with Gasteiger partial charge >= 0.3 is 5.63 Å². The van der Waals surface area contributed by atoms with Crippen LogP contribution in [0.1, 0.15) is 36.0 Å². The van der Waals surface area contributed by atoms with E-state index in [-0.39, 0.29) is 5.75 Å². The lowest BCUT2D eigenvalue weighted by Crippen LogP contribution is -2.33. The molecule has 1 aliphatic rings. The molecule has 1 N–H and O–H groups in total. The first-order valence-corrected chi connectivity index (χ1v) is 12.9. The number of halogens is 1. The second-order valence-electron chi connectivity index (χ2n) is 9.41. The number of ether oxygens (including phenoxy) is 1. The van der Waals surface area contributed by atoms with E-state index in [1.54, 1.807) is 25.1 Å².